The van der Waals surface area contributed by atoms with Crippen LogP contribution in [0.5, 0.6) is 0 Å². The fraction of sp³-hybridized carbons (Fsp3) is 0.150. The van der Waals surface area contributed by atoms with Crippen LogP contribution in [0.15, 0.2) is 66.7 Å². The molecule has 0 spiro atoms. The Morgan fingerprint density at radius 3 is 2.23 bits per heavy atom. The van der Waals surface area contributed by atoms with Gasteiger partial charge in [-0.1, -0.05) is 48.5 Å². The van der Waals surface area contributed by atoms with Gasteiger partial charge in [0, 0.05) is 5.56 Å². The minimum Gasteiger partial charge on any atom is -0.466 e. The van der Waals surface area contributed by atoms with Crippen LogP contribution in [0.25, 0.3) is 16.9 Å². The molecule has 0 saturated heterocycles. The summed E-state index contributed by atoms with van der Waals surface area (Å²) in [6, 6.07) is 20.4. The summed E-state index contributed by atoms with van der Waals surface area (Å²) < 4.78 is 11.3. The van der Waals surface area contributed by atoms with Gasteiger partial charge in [-0.3, -0.25) is 0 Å². The summed E-state index contributed by atoms with van der Waals surface area (Å²) in [5.74, 6) is -1.27. The number of rotatable bonds is 5. The molecule has 1 aromatic heterocycles. The molecule has 2 aromatic carbocycles. The predicted molar refractivity (Wildman–Crippen MR) is 95.9 cm³/mol. The summed E-state index contributed by atoms with van der Waals surface area (Å²) in [5, 5.41) is 4.54. The van der Waals surface area contributed by atoms with Crippen molar-refractivity contribution in [2.24, 2.45) is 0 Å². The Bertz CT molecular complexity index is 904. The third kappa shape index (κ3) is 3.64. The number of carbonyl (C=O) groups is 2. The molecule has 0 amide bonds. The third-order valence-corrected chi connectivity index (χ3v) is 3.81. The predicted octanol–water partition coefficient (Wildman–Crippen LogP) is 3.26. The van der Waals surface area contributed by atoms with Crippen molar-refractivity contribution in [1.29, 1.82) is 0 Å². The maximum absolute atomic E-state index is 12.6. The van der Waals surface area contributed by atoms with E-state index in [1.165, 1.54) is 18.7 Å². The van der Waals surface area contributed by atoms with Crippen molar-refractivity contribution in [3.63, 3.8) is 0 Å². The SMILES string of the molecule is COC(=O)C(C)OC(=O)c1cc(-c2ccccc2)nn1-c1ccccc1. The first-order valence-corrected chi connectivity index (χ1v) is 8.10. The second kappa shape index (κ2) is 7.65. The number of hydrogen-bond donors (Lipinski definition) is 0. The van der Waals surface area contributed by atoms with Gasteiger partial charge < -0.3 is 9.47 Å². The van der Waals surface area contributed by atoms with Gasteiger partial charge in [0.1, 0.15) is 0 Å². The molecule has 1 heterocycles. The van der Waals surface area contributed by atoms with E-state index in [-0.39, 0.29) is 5.69 Å². The molecule has 0 aliphatic rings. The van der Waals surface area contributed by atoms with Crippen molar-refractivity contribution in [2.45, 2.75) is 13.0 Å². The van der Waals surface area contributed by atoms with Gasteiger partial charge in [-0.25, -0.2) is 14.3 Å². The number of nitrogens with zero attached hydrogens (tertiary/aromatic N) is 2. The van der Waals surface area contributed by atoms with Crippen molar-refractivity contribution in [2.75, 3.05) is 7.11 Å². The number of methoxy groups -OCH3 is 1. The van der Waals surface area contributed by atoms with Crippen LogP contribution in [0.1, 0.15) is 17.4 Å². The fourth-order valence-corrected chi connectivity index (χ4v) is 2.48. The van der Waals surface area contributed by atoms with E-state index in [9.17, 15) is 9.59 Å². The van der Waals surface area contributed by atoms with Crippen molar-refractivity contribution in [1.82, 2.24) is 9.78 Å². The maximum Gasteiger partial charge on any atom is 0.357 e. The highest BCUT2D eigenvalue weighted by Crippen LogP contribution is 2.22. The lowest BCUT2D eigenvalue weighted by Gasteiger charge is -2.11. The average Bonchev–Trinajstić information content (AvgIpc) is 3.14. The van der Waals surface area contributed by atoms with Crippen LogP contribution < -0.4 is 0 Å². The Morgan fingerprint density at radius 2 is 1.62 bits per heavy atom. The molecule has 6 nitrogen and oxygen atoms in total. The highest BCUT2D eigenvalue weighted by molar-refractivity contribution is 5.91. The second-order valence-corrected chi connectivity index (χ2v) is 5.60. The Labute approximate surface area is 151 Å². The number of carbonyl (C=O) groups excluding carboxylic acids is 2. The highest BCUT2D eigenvalue weighted by atomic mass is 16.6. The molecule has 3 aromatic rings. The number of benzene rings is 2. The molecule has 6 heteroatoms. The Morgan fingerprint density at radius 1 is 1.00 bits per heavy atom. The summed E-state index contributed by atoms with van der Waals surface area (Å²) in [6.07, 6.45) is -1.01. The lowest BCUT2D eigenvalue weighted by atomic mass is 10.1. The summed E-state index contributed by atoms with van der Waals surface area (Å²) in [4.78, 5) is 24.2. The standard InChI is InChI=1S/C20H18N2O4/c1-14(19(23)25-2)26-20(24)18-13-17(15-9-5-3-6-10-15)21-22(18)16-11-7-4-8-12-16/h3-14H,1-2H3. The average molecular weight is 350 g/mol. The van der Waals surface area contributed by atoms with Crippen LogP contribution in [0.3, 0.4) is 0 Å². The molecule has 1 atom stereocenters. The molecular formula is C20H18N2O4. The number of aromatic nitrogens is 2. The quantitative estimate of drug-likeness (QED) is 0.661. The topological polar surface area (TPSA) is 70.4 Å². The van der Waals surface area contributed by atoms with Crippen LogP contribution in [-0.4, -0.2) is 34.9 Å². The number of para-hydroxylation sites is 1. The van der Waals surface area contributed by atoms with Crippen LogP contribution in [0.2, 0.25) is 0 Å². The van der Waals surface area contributed by atoms with E-state index in [2.05, 4.69) is 9.84 Å². The molecule has 3 rings (SSSR count). The molecule has 0 fully saturated rings. The molecular weight excluding hydrogens is 332 g/mol. The Kier molecular flexibility index (Phi) is 5.12. The molecule has 1 unspecified atom stereocenters. The molecule has 26 heavy (non-hydrogen) atoms. The first-order chi connectivity index (χ1) is 12.6. The number of esters is 2. The summed E-state index contributed by atoms with van der Waals surface area (Å²) in [6.45, 7) is 1.46. The van der Waals surface area contributed by atoms with Gasteiger partial charge in [-0.2, -0.15) is 5.10 Å². The van der Waals surface area contributed by atoms with Crippen molar-refractivity contribution in [3.8, 4) is 16.9 Å². The lowest BCUT2D eigenvalue weighted by molar-refractivity contribution is -0.149. The normalized spacial score (nSPS) is 11.6. The van der Waals surface area contributed by atoms with Crippen molar-refractivity contribution < 1.29 is 19.1 Å². The van der Waals surface area contributed by atoms with Crippen molar-refractivity contribution in [3.05, 3.63) is 72.4 Å². The van der Waals surface area contributed by atoms with E-state index in [4.69, 9.17) is 4.74 Å². The molecule has 132 valence electrons. The van der Waals surface area contributed by atoms with Gasteiger partial charge in [0.05, 0.1) is 18.5 Å². The fourth-order valence-electron chi connectivity index (χ4n) is 2.48. The molecule has 0 N–H and O–H groups in total. The molecule has 0 aliphatic carbocycles. The molecule has 0 aliphatic heterocycles. The van der Waals surface area contributed by atoms with Gasteiger partial charge in [0.15, 0.2) is 11.8 Å². The van der Waals surface area contributed by atoms with Gasteiger partial charge in [-0.15, -0.1) is 0 Å². The zero-order valence-corrected chi connectivity index (χ0v) is 14.5. The summed E-state index contributed by atoms with van der Waals surface area (Å²) in [5.41, 5.74) is 2.45. The number of hydrogen-bond acceptors (Lipinski definition) is 5. The lowest BCUT2D eigenvalue weighted by Crippen LogP contribution is -2.26. The van der Waals surface area contributed by atoms with Crippen LogP contribution in [0.4, 0.5) is 0 Å². The molecule has 0 saturated carbocycles. The smallest absolute Gasteiger partial charge is 0.357 e. The maximum atomic E-state index is 12.6. The Hall–Kier alpha value is -3.41. The zero-order chi connectivity index (χ0) is 18.5. The van der Waals surface area contributed by atoms with Gasteiger partial charge in [0.25, 0.3) is 0 Å². The summed E-state index contributed by atoms with van der Waals surface area (Å²) >= 11 is 0. The van der Waals surface area contributed by atoms with E-state index in [0.717, 1.165) is 5.56 Å². The minimum atomic E-state index is -1.01. The van der Waals surface area contributed by atoms with E-state index in [0.29, 0.717) is 11.4 Å². The number of ether oxygens (including phenoxy) is 2. The van der Waals surface area contributed by atoms with Crippen LogP contribution >= 0.6 is 0 Å². The van der Waals surface area contributed by atoms with Gasteiger partial charge in [-0.05, 0) is 25.1 Å². The zero-order valence-electron chi connectivity index (χ0n) is 14.5. The van der Waals surface area contributed by atoms with E-state index in [1.54, 1.807) is 6.07 Å². The summed E-state index contributed by atoms with van der Waals surface area (Å²) in [7, 11) is 1.24. The third-order valence-electron chi connectivity index (χ3n) is 3.81. The minimum absolute atomic E-state index is 0.228. The largest absolute Gasteiger partial charge is 0.466 e. The van der Waals surface area contributed by atoms with E-state index in [1.807, 2.05) is 60.7 Å². The van der Waals surface area contributed by atoms with Crippen LogP contribution in [-0.2, 0) is 14.3 Å². The first-order valence-electron chi connectivity index (χ1n) is 8.10. The Balaban J connectivity index is 2.01. The highest BCUT2D eigenvalue weighted by Gasteiger charge is 2.24. The van der Waals surface area contributed by atoms with Gasteiger partial charge >= 0.3 is 11.9 Å². The van der Waals surface area contributed by atoms with Crippen molar-refractivity contribution >= 4 is 11.9 Å². The van der Waals surface area contributed by atoms with Crippen LogP contribution in [0, 0.1) is 0 Å². The van der Waals surface area contributed by atoms with E-state index >= 15 is 0 Å². The second-order valence-electron chi connectivity index (χ2n) is 5.60. The van der Waals surface area contributed by atoms with Gasteiger partial charge in [0.2, 0.25) is 0 Å². The molecule has 0 radical (unpaired) electrons. The monoisotopic (exact) mass is 350 g/mol. The first kappa shape index (κ1) is 17.4. The molecule has 0 bridgehead atoms. The van der Waals surface area contributed by atoms with E-state index < -0.39 is 18.0 Å².